The van der Waals surface area contributed by atoms with Gasteiger partial charge in [-0.2, -0.15) is 5.10 Å². The van der Waals surface area contributed by atoms with Gasteiger partial charge in [-0.1, -0.05) is 29.3 Å². The maximum Gasteiger partial charge on any atom is 0.313 e. The van der Waals surface area contributed by atoms with Crippen LogP contribution in [0, 0.1) is 0 Å². The number of nitrogens with one attached hydrogen (secondary N) is 3. The summed E-state index contributed by atoms with van der Waals surface area (Å²) in [6, 6.07) is 12.8. The van der Waals surface area contributed by atoms with Gasteiger partial charge < -0.3 is 24.5 Å². The molecule has 12 heteroatoms. The number of furan rings is 1. The van der Waals surface area contributed by atoms with E-state index >= 15 is 0 Å². The van der Waals surface area contributed by atoms with E-state index in [9.17, 15) is 14.4 Å². The van der Waals surface area contributed by atoms with Gasteiger partial charge in [0.05, 0.1) is 43.4 Å². The van der Waals surface area contributed by atoms with Crippen LogP contribution < -0.4 is 25.5 Å². The SMILES string of the molecule is COc1ccc(CC(=O)N/N=C\c2ccc(CNC(=O)C(=O)Nc3ccc(Cl)c(Cl)c3)o2)cc1OC. The molecule has 0 fully saturated rings. The van der Waals surface area contributed by atoms with Crippen LogP contribution in [0.2, 0.25) is 10.0 Å². The Morgan fingerprint density at radius 2 is 1.72 bits per heavy atom. The first-order valence-electron chi connectivity index (χ1n) is 10.4. The summed E-state index contributed by atoms with van der Waals surface area (Å²) in [6.45, 7) is -0.0346. The summed E-state index contributed by atoms with van der Waals surface area (Å²) in [7, 11) is 3.05. The maximum absolute atomic E-state index is 12.1. The Morgan fingerprint density at radius 3 is 2.44 bits per heavy atom. The van der Waals surface area contributed by atoms with E-state index in [1.165, 1.54) is 38.6 Å². The summed E-state index contributed by atoms with van der Waals surface area (Å²) in [4.78, 5) is 36.2. The molecule has 3 aromatic rings. The van der Waals surface area contributed by atoms with Crippen molar-refractivity contribution in [3.63, 3.8) is 0 Å². The molecule has 188 valence electrons. The van der Waals surface area contributed by atoms with Gasteiger partial charge in [-0.05, 0) is 48.0 Å². The van der Waals surface area contributed by atoms with E-state index in [4.69, 9.17) is 37.1 Å². The standard InChI is InChI=1S/C24H22Cl2N4O6/c1-34-20-8-3-14(9-21(20)35-2)10-22(31)30-28-13-17-6-5-16(36-17)12-27-23(32)24(33)29-15-4-7-18(25)19(26)11-15/h3-9,11,13H,10,12H2,1-2H3,(H,27,32)(H,29,33)(H,30,31)/b28-13-. The Morgan fingerprint density at radius 1 is 0.944 bits per heavy atom. The van der Waals surface area contributed by atoms with Crippen LogP contribution in [-0.2, 0) is 27.3 Å². The van der Waals surface area contributed by atoms with Crippen LogP contribution >= 0.6 is 23.2 Å². The number of hydrogen-bond acceptors (Lipinski definition) is 7. The molecule has 0 unspecified atom stereocenters. The van der Waals surface area contributed by atoms with Crippen molar-refractivity contribution in [2.75, 3.05) is 19.5 Å². The number of methoxy groups -OCH3 is 2. The van der Waals surface area contributed by atoms with Crippen LogP contribution in [0.3, 0.4) is 0 Å². The normalized spacial score (nSPS) is 10.7. The van der Waals surface area contributed by atoms with Crippen molar-refractivity contribution >= 4 is 52.8 Å². The van der Waals surface area contributed by atoms with Crippen molar-refractivity contribution in [1.82, 2.24) is 10.7 Å². The predicted octanol–water partition coefficient (Wildman–Crippen LogP) is 3.55. The summed E-state index contributed by atoms with van der Waals surface area (Å²) in [5.74, 6) is -0.279. The first kappa shape index (κ1) is 26.6. The van der Waals surface area contributed by atoms with Gasteiger partial charge >= 0.3 is 11.8 Å². The highest BCUT2D eigenvalue weighted by molar-refractivity contribution is 6.42. The third kappa shape index (κ3) is 7.49. The second-order valence-corrected chi connectivity index (χ2v) is 8.04. The zero-order valence-electron chi connectivity index (χ0n) is 19.3. The summed E-state index contributed by atoms with van der Waals surface area (Å²) in [5, 5.41) is 9.30. The molecule has 3 amide bonds. The molecular formula is C24H22Cl2N4O6. The van der Waals surface area contributed by atoms with E-state index in [0.29, 0.717) is 33.7 Å². The summed E-state index contributed by atoms with van der Waals surface area (Å²) >= 11 is 11.7. The molecule has 0 radical (unpaired) electrons. The third-order valence-electron chi connectivity index (χ3n) is 4.68. The number of benzene rings is 2. The highest BCUT2D eigenvalue weighted by Crippen LogP contribution is 2.27. The first-order chi connectivity index (χ1) is 17.3. The van der Waals surface area contributed by atoms with Gasteiger partial charge in [-0.25, -0.2) is 5.43 Å². The number of amides is 3. The Bertz CT molecular complexity index is 1290. The van der Waals surface area contributed by atoms with Gasteiger partial charge in [-0.3, -0.25) is 14.4 Å². The van der Waals surface area contributed by atoms with Crippen LogP contribution in [0.5, 0.6) is 11.5 Å². The number of carbonyl (C=O) groups excluding carboxylic acids is 3. The molecule has 10 nitrogen and oxygen atoms in total. The van der Waals surface area contributed by atoms with Crippen LogP contribution in [0.1, 0.15) is 17.1 Å². The number of hydrazone groups is 1. The molecule has 0 aliphatic carbocycles. The van der Waals surface area contributed by atoms with Gasteiger partial charge in [-0.15, -0.1) is 0 Å². The molecule has 1 aromatic heterocycles. The van der Waals surface area contributed by atoms with Gasteiger partial charge in [0.15, 0.2) is 11.5 Å². The quantitative estimate of drug-likeness (QED) is 0.219. The molecule has 0 saturated carbocycles. The fraction of sp³-hybridized carbons (Fsp3) is 0.167. The molecule has 0 bridgehead atoms. The predicted molar refractivity (Wildman–Crippen MR) is 135 cm³/mol. The van der Waals surface area contributed by atoms with Crippen molar-refractivity contribution < 1.29 is 28.3 Å². The fourth-order valence-corrected chi connectivity index (χ4v) is 3.25. The second-order valence-electron chi connectivity index (χ2n) is 7.23. The summed E-state index contributed by atoms with van der Waals surface area (Å²) in [6.07, 6.45) is 1.40. The Kier molecular flexibility index (Phi) is 9.32. The highest BCUT2D eigenvalue weighted by Gasteiger charge is 2.15. The summed E-state index contributed by atoms with van der Waals surface area (Å²) in [5.41, 5.74) is 3.46. The minimum absolute atomic E-state index is 0.0346. The Labute approximate surface area is 216 Å². The van der Waals surface area contributed by atoms with Crippen LogP contribution in [-0.4, -0.2) is 38.2 Å². The van der Waals surface area contributed by atoms with E-state index in [0.717, 1.165) is 5.56 Å². The average molecular weight is 533 g/mol. The number of ether oxygens (including phenoxy) is 2. The molecule has 0 aliphatic rings. The molecule has 0 spiro atoms. The number of hydrogen-bond donors (Lipinski definition) is 3. The number of rotatable bonds is 9. The van der Waals surface area contributed by atoms with Gasteiger partial charge in [0, 0.05) is 5.69 Å². The van der Waals surface area contributed by atoms with Crippen molar-refractivity contribution in [2.45, 2.75) is 13.0 Å². The maximum atomic E-state index is 12.1. The lowest BCUT2D eigenvalue weighted by atomic mass is 10.1. The topological polar surface area (TPSA) is 131 Å². The minimum atomic E-state index is -0.876. The third-order valence-corrected chi connectivity index (χ3v) is 5.42. The van der Waals surface area contributed by atoms with Crippen LogP contribution in [0.4, 0.5) is 5.69 Å². The Hall–Kier alpha value is -4.02. The largest absolute Gasteiger partial charge is 0.493 e. The smallest absolute Gasteiger partial charge is 0.313 e. The Balaban J connectivity index is 1.45. The van der Waals surface area contributed by atoms with Crippen LogP contribution in [0.15, 0.2) is 58.0 Å². The summed E-state index contributed by atoms with van der Waals surface area (Å²) < 4.78 is 15.9. The zero-order chi connectivity index (χ0) is 26.1. The molecule has 0 saturated heterocycles. The molecule has 1 heterocycles. The van der Waals surface area contributed by atoms with Crippen LogP contribution in [0.25, 0.3) is 0 Å². The van der Waals surface area contributed by atoms with Gasteiger partial charge in [0.1, 0.15) is 11.5 Å². The number of anilines is 1. The molecule has 3 rings (SSSR count). The molecule has 36 heavy (non-hydrogen) atoms. The zero-order valence-corrected chi connectivity index (χ0v) is 20.8. The number of halogens is 2. The number of carbonyl (C=O) groups is 3. The van der Waals surface area contributed by atoms with Crippen molar-refractivity contribution in [3.8, 4) is 11.5 Å². The van der Waals surface area contributed by atoms with E-state index in [1.807, 2.05) is 0 Å². The molecule has 3 N–H and O–H groups in total. The highest BCUT2D eigenvalue weighted by atomic mass is 35.5. The lowest BCUT2D eigenvalue weighted by Crippen LogP contribution is -2.34. The minimum Gasteiger partial charge on any atom is -0.493 e. The molecule has 0 aliphatic heterocycles. The van der Waals surface area contributed by atoms with Gasteiger partial charge in [0.2, 0.25) is 5.91 Å². The van der Waals surface area contributed by atoms with Gasteiger partial charge in [0.25, 0.3) is 0 Å². The lowest BCUT2D eigenvalue weighted by molar-refractivity contribution is -0.136. The van der Waals surface area contributed by atoms with Crippen molar-refractivity contribution in [2.24, 2.45) is 5.10 Å². The first-order valence-corrected chi connectivity index (χ1v) is 11.2. The molecule has 2 aromatic carbocycles. The second kappa shape index (κ2) is 12.6. The number of nitrogens with zero attached hydrogens (tertiary/aromatic N) is 1. The molecular weight excluding hydrogens is 511 g/mol. The average Bonchev–Trinajstić information content (AvgIpc) is 3.32. The van der Waals surface area contributed by atoms with E-state index in [1.54, 1.807) is 30.3 Å². The van der Waals surface area contributed by atoms with E-state index in [-0.39, 0.29) is 23.9 Å². The fourth-order valence-electron chi connectivity index (χ4n) is 2.95. The monoisotopic (exact) mass is 532 g/mol. The lowest BCUT2D eigenvalue weighted by Gasteiger charge is -2.09. The van der Waals surface area contributed by atoms with Crippen molar-refractivity contribution in [1.29, 1.82) is 0 Å². The van der Waals surface area contributed by atoms with E-state index < -0.39 is 11.8 Å². The molecule has 0 atom stereocenters. The van der Waals surface area contributed by atoms with Crippen molar-refractivity contribution in [3.05, 3.63) is 75.7 Å². The van der Waals surface area contributed by atoms with E-state index in [2.05, 4.69) is 21.2 Å².